The van der Waals surface area contributed by atoms with E-state index in [-0.39, 0.29) is 42.0 Å². The number of amides is 1. The minimum Gasteiger partial charge on any atom is -0.493 e. The standard InChI is InChI=1S/C24H25ClN2O5S/c1-3-32-23-21(25)15-19(16-22(23)31-2)24(28)26-10-12-27(13-11-26)33(29,30)20-9-8-17-6-4-5-7-18(17)14-20/h4-9,14-16H,3,10-13H2,1-2H3. The van der Waals surface area contributed by atoms with Gasteiger partial charge in [0, 0.05) is 31.7 Å². The molecule has 0 saturated carbocycles. The van der Waals surface area contributed by atoms with E-state index in [1.807, 2.05) is 37.3 Å². The van der Waals surface area contributed by atoms with E-state index in [0.717, 1.165) is 10.8 Å². The number of hydrogen-bond acceptors (Lipinski definition) is 5. The lowest BCUT2D eigenvalue weighted by molar-refractivity contribution is 0.0697. The van der Waals surface area contributed by atoms with E-state index >= 15 is 0 Å². The normalized spacial score (nSPS) is 14.9. The summed E-state index contributed by atoms with van der Waals surface area (Å²) in [6.07, 6.45) is 0. The van der Waals surface area contributed by atoms with Gasteiger partial charge >= 0.3 is 0 Å². The van der Waals surface area contributed by atoms with Gasteiger partial charge in [0.1, 0.15) is 0 Å². The maximum absolute atomic E-state index is 13.2. The monoisotopic (exact) mass is 488 g/mol. The molecule has 9 heteroatoms. The van der Waals surface area contributed by atoms with Crippen molar-refractivity contribution in [2.45, 2.75) is 11.8 Å². The van der Waals surface area contributed by atoms with Gasteiger partial charge in [-0.3, -0.25) is 4.79 Å². The molecule has 1 amide bonds. The zero-order chi connectivity index (χ0) is 23.6. The predicted octanol–water partition coefficient (Wildman–Crippen LogP) is 4.05. The van der Waals surface area contributed by atoms with Gasteiger partial charge in [0.15, 0.2) is 11.5 Å². The molecule has 3 aromatic carbocycles. The lowest BCUT2D eigenvalue weighted by atomic mass is 10.1. The Labute approximate surface area is 198 Å². The van der Waals surface area contributed by atoms with Crippen LogP contribution < -0.4 is 9.47 Å². The highest BCUT2D eigenvalue weighted by Crippen LogP contribution is 2.37. The summed E-state index contributed by atoms with van der Waals surface area (Å²) in [4.78, 5) is 14.9. The molecule has 0 atom stereocenters. The Balaban J connectivity index is 1.49. The summed E-state index contributed by atoms with van der Waals surface area (Å²) in [6, 6.07) is 15.9. The van der Waals surface area contributed by atoms with Crippen molar-refractivity contribution in [3.05, 3.63) is 65.2 Å². The van der Waals surface area contributed by atoms with Gasteiger partial charge in [-0.15, -0.1) is 0 Å². The molecule has 0 radical (unpaired) electrons. The van der Waals surface area contributed by atoms with Gasteiger partial charge in [-0.1, -0.05) is 41.9 Å². The van der Waals surface area contributed by atoms with Crippen LogP contribution in [0.5, 0.6) is 11.5 Å². The van der Waals surface area contributed by atoms with Gasteiger partial charge in [-0.05, 0) is 42.0 Å². The molecular formula is C24H25ClN2O5S. The highest BCUT2D eigenvalue weighted by molar-refractivity contribution is 7.89. The maximum Gasteiger partial charge on any atom is 0.254 e. The molecule has 3 aromatic rings. The van der Waals surface area contributed by atoms with Gasteiger partial charge in [-0.2, -0.15) is 4.31 Å². The van der Waals surface area contributed by atoms with E-state index in [2.05, 4.69) is 0 Å². The van der Waals surface area contributed by atoms with Crippen molar-refractivity contribution in [3.63, 3.8) is 0 Å². The van der Waals surface area contributed by atoms with E-state index in [9.17, 15) is 13.2 Å². The van der Waals surface area contributed by atoms with Crippen molar-refractivity contribution in [3.8, 4) is 11.5 Å². The molecule has 4 rings (SSSR count). The Hall–Kier alpha value is -2.81. The first-order chi connectivity index (χ1) is 15.8. The first-order valence-electron chi connectivity index (χ1n) is 10.6. The quantitative estimate of drug-likeness (QED) is 0.523. The fourth-order valence-electron chi connectivity index (χ4n) is 3.92. The van der Waals surface area contributed by atoms with E-state index in [1.165, 1.54) is 11.4 Å². The Morgan fingerprint density at radius 3 is 2.36 bits per heavy atom. The van der Waals surface area contributed by atoms with Crippen molar-refractivity contribution in [2.24, 2.45) is 0 Å². The van der Waals surface area contributed by atoms with Gasteiger partial charge in [0.2, 0.25) is 10.0 Å². The van der Waals surface area contributed by atoms with Crippen LogP contribution in [0.1, 0.15) is 17.3 Å². The summed E-state index contributed by atoms with van der Waals surface area (Å²) in [5, 5.41) is 2.14. The zero-order valence-electron chi connectivity index (χ0n) is 18.5. The van der Waals surface area contributed by atoms with Crippen LogP contribution in [0.3, 0.4) is 0 Å². The van der Waals surface area contributed by atoms with E-state index in [4.69, 9.17) is 21.1 Å². The molecule has 0 spiro atoms. The highest BCUT2D eigenvalue weighted by atomic mass is 35.5. The van der Waals surface area contributed by atoms with Crippen LogP contribution in [0.2, 0.25) is 5.02 Å². The number of sulfonamides is 1. The number of benzene rings is 3. The highest BCUT2D eigenvalue weighted by Gasteiger charge is 2.31. The summed E-state index contributed by atoms with van der Waals surface area (Å²) < 4.78 is 38.6. The third-order valence-electron chi connectivity index (χ3n) is 5.65. The second-order valence-corrected chi connectivity index (χ2v) is 9.97. The number of piperazine rings is 1. The number of ether oxygens (including phenoxy) is 2. The number of methoxy groups -OCH3 is 1. The van der Waals surface area contributed by atoms with E-state index < -0.39 is 10.0 Å². The minimum absolute atomic E-state index is 0.211. The predicted molar refractivity (Wildman–Crippen MR) is 128 cm³/mol. The van der Waals surface area contributed by atoms with Gasteiger partial charge < -0.3 is 14.4 Å². The number of halogens is 1. The molecule has 1 aliphatic rings. The molecule has 0 bridgehead atoms. The van der Waals surface area contributed by atoms with Gasteiger partial charge in [0.05, 0.1) is 23.6 Å². The second kappa shape index (κ2) is 9.59. The minimum atomic E-state index is -3.66. The summed E-state index contributed by atoms with van der Waals surface area (Å²) >= 11 is 6.30. The second-order valence-electron chi connectivity index (χ2n) is 7.63. The smallest absolute Gasteiger partial charge is 0.254 e. The van der Waals surface area contributed by atoms with Crippen LogP contribution in [0.15, 0.2) is 59.5 Å². The summed E-state index contributed by atoms with van der Waals surface area (Å²) in [7, 11) is -2.17. The number of hydrogen-bond donors (Lipinski definition) is 0. The van der Waals surface area contributed by atoms with Crippen LogP contribution in [-0.4, -0.2) is 63.4 Å². The van der Waals surface area contributed by atoms with E-state index in [1.54, 1.807) is 29.2 Å². The first-order valence-corrected chi connectivity index (χ1v) is 12.5. The number of nitrogens with zero attached hydrogens (tertiary/aromatic N) is 2. The number of carbonyl (C=O) groups is 1. The fourth-order valence-corrected chi connectivity index (χ4v) is 5.64. The molecular weight excluding hydrogens is 464 g/mol. The third kappa shape index (κ3) is 4.64. The Bertz CT molecular complexity index is 1290. The lowest BCUT2D eigenvalue weighted by Gasteiger charge is -2.34. The molecule has 0 unspecified atom stereocenters. The van der Waals surface area contributed by atoms with Crippen LogP contribution in [0.4, 0.5) is 0 Å². The number of rotatable bonds is 6. The van der Waals surface area contributed by atoms with Crippen LogP contribution in [-0.2, 0) is 10.0 Å². The lowest BCUT2D eigenvalue weighted by Crippen LogP contribution is -2.50. The van der Waals surface area contributed by atoms with Crippen molar-refractivity contribution >= 4 is 38.3 Å². The zero-order valence-corrected chi connectivity index (χ0v) is 20.0. The van der Waals surface area contributed by atoms with Crippen molar-refractivity contribution in [1.29, 1.82) is 0 Å². The molecule has 0 aliphatic carbocycles. The van der Waals surface area contributed by atoms with Crippen LogP contribution in [0.25, 0.3) is 10.8 Å². The molecule has 33 heavy (non-hydrogen) atoms. The summed E-state index contributed by atoms with van der Waals surface area (Å²) in [5.41, 5.74) is 0.367. The van der Waals surface area contributed by atoms with Crippen molar-refractivity contribution in [2.75, 3.05) is 39.9 Å². The molecule has 0 aromatic heterocycles. The topological polar surface area (TPSA) is 76.2 Å². The summed E-state index contributed by atoms with van der Waals surface area (Å²) in [5.74, 6) is 0.538. The SMILES string of the molecule is CCOc1c(Cl)cc(C(=O)N2CCN(S(=O)(=O)c3ccc4ccccc4c3)CC2)cc1OC. The molecule has 0 N–H and O–H groups in total. The molecule has 1 saturated heterocycles. The number of fused-ring (bicyclic) bond motifs is 1. The Kier molecular flexibility index (Phi) is 6.78. The largest absolute Gasteiger partial charge is 0.493 e. The molecule has 7 nitrogen and oxygen atoms in total. The molecule has 1 aliphatic heterocycles. The molecule has 1 fully saturated rings. The van der Waals surface area contributed by atoms with Crippen molar-refractivity contribution in [1.82, 2.24) is 9.21 Å². The fraction of sp³-hybridized carbons (Fsp3) is 0.292. The molecule has 1 heterocycles. The average molecular weight is 489 g/mol. The third-order valence-corrected chi connectivity index (χ3v) is 7.83. The molecule has 174 valence electrons. The average Bonchev–Trinajstić information content (AvgIpc) is 2.84. The Morgan fingerprint density at radius 1 is 1.00 bits per heavy atom. The van der Waals surface area contributed by atoms with Crippen LogP contribution >= 0.6 is 11.6 Å². The van der Waals surface area contributed by atoms with Crippen molar-refractivity contribution < 1.29 is 22.7 Å². The van der Waals surface area contributed by atoms with Gasteiger partial charge in [0.25, 0.3) is 5.91 Å². The van der Waals surface area contributed by atoms with Crippen LogP contribution in [0, 0.1) is 0 Å². The summed E-state index contributed by atoms with van der Waals surface area (Å²) in [6.45, 7) is 3.22. The maximum atomic E-state index is 13.2. The Morgan fingerprint density at radius 2 is 1.70 bits per heavy atom. The van der Waals surface area contributed by atoms with E-state index in [0.29, 0.717) is 23.7 Å². The van der Waals surface area contributed by atoms with Gasteiger partial charge in [-0.25, -0.2) is 8.42 Å². The number of carbonyl (C=O) groups excluding carboxylic acids is 1. The first kappa shape index (κ1) is 23.4.